The van der Waals surface area contributed by atoms with E-state index in [0.717, 1.165) is 0 Å². The Morgan fingerprint density at radius 1 is 0.571 bits per heavy atom. The van der Waals surface area contributed by atoms with Crippen molar-refractivity contribution in [2.75, 3.05) is 0 Å². The summed E-state index contributed by atoms with van der Waals surface area (Å²) >= 11 is 0. The van der Waals surface area contributed by atoms with Crippen molar-refractivity contribution >= 4 is 40.4 Å². The molecule has 0 radical (unpaired) electrons. The summed E-state index contributed by atoms with van der Waals surface area (Å²) in [5.74, 6) is 0. The van der Waals surface area contributed by atoms with E-state index in [9.17, 15) is 0 Å². The third kappa shape index (κ3) is 78.4. The normalized spacial score (nSPS) is 0. The van der Waals surface area contributed by atoms with Crippen LogP contribution in [-0.4, -0.2) is 40.4 Å². The van der Waals surface area contributed by atoms with Gasteiger partial charge in [-0.3, -0.25) is 0 Å². The first-order valence-corrected chi connectivity index (χ1v) is 0. The van der Waals surface area contributed by atoms with Gasteiger partial charge < -0.3 is 21.9 Å². The van der Waals surface area contributed by atoms with E-state index in [2.05, 4.69) is 0 Å². The van der Waals surface area contributed by atoms with Crippen LogP contribution < -0.4 is 0 Å². The molecule has 0 aliphatic heterocycles. The van der Waals surface area contributed by atoms with Crippen LogP contribution in [0, 0.1) is 0 Å². The molecule has 0 aliphatic rings. The van der Waals surface area contributed by atoms with Crippen molar-refractivity contribution in [2.24, 2.45) is 0 Å². The van der Waals surface area contributed by atoms with E-state index in [0.29, 0.717) is 0 Å². The molecule has 7 heteroatoms. The van der Waals surface area contributed by atoms with Crippen LogP contribution in [0.2, 0.25) is 0 Å². The fraction of sp³-hybridized carbons (Fsp3) is 0. The topological polar surface area (TPSA) is 114 Å². The first-order chi connectivity index (χ1) is 0. The number of hydrogen-bond acceptors (Lipinski definition) is 0. The molecular formula is AlMgO4Ti+. The first kappa shape index (κ1) is 159. The van der Waals surface area contributed by atoms with E-state index >= 15 is 0 Å². The van der Waals surface area contributed by atoms with Gasteiger partial charge in [0.15, 0.2) is 0 Å². The molecule has 32 valence electrons. The number of rotatable bonds is 0. The average molecular weight is 163 g/mol. The molecule has 0 unspecified atom stereocenters. The third-order valence-electron chi connectivity index (χ3n) is 0. The zero-order chi connectivity index (χ0) is 0. The van der Waals surface area contributed by atoms with Gasteiger partial charge in [0.1, 0.15) is 0 Å². The maximum absolute atomic E-state index is 0. The van der Waals surface area contributed by atoms with Gasteiger partial charge in [-0.1, -0.05) is 0 Å². The summed E-state index contributed by atoms with van der Waals surface area (Å²) in [6, 6.07) is 0. The minimum absolute atomic E-state index is 0. The molecule has 0 rings (SSSR count). The molecule has 0 saturated heterocycles. The second-order valence-corrected chi connectivity index (χ2v) is 0. The Morgan fingerprint density at radius 2 is 0.571 bits per heavy atom. The van der Waals surface area contributed by atoms with Gasteiger partial charge in [0.25, 0.3) is 0 Å². The van der Waals surface area contributed by atoms with Crippen LogP contribution in [0.15, 0.2) is 0 Å². The van der Waals surface area contributed by atoms with Crippen LogP contribution in [0.4, 0.5) is 0 Å². The molecule has 0 heterocycles. The molecule has 0 N–H and O–H groups in total. The van der Waals surface area contributed by atoms with Crippen LogP contribution in [0.1, 0.15) is 0 Å². The SMILES string of the molecule is [Al+3].[Mg+2].[O-2].[O-2].[O-2].[O-2].[Ti+4]. The average Bonchev–Trinajstić information content (AvgIpc) is 0. The fourth-order valence-electron chi connectivity index (χ4n) is 0. The van der Waals surface area contributed by atoms with Gasteiger partial charge in [-0.2, -0.15) is 0 Å². The predicted molar refractivity (Wildman–Crippen MR) is 14.3 cm³/mol. The van der Waals surface area contributed by atoms with Gasteiger partial charge in [-0.15, -0.1) is 0 Å². The van der Waals surface area contributed by atoms with Crippen molar-refractivity contribution < 1.29 is 43.6 Å². The quantitative estimate of drug-likeness (QED) is 0.397. The van der Waals surface area contributed by atoms with E-state index in [1.54, 1.807) is 0 Å². The first-order valence-electron chi connectivity index (χ1n) is 0. The van der Waals surface area contributed by atoms with Crippen LogP contribution in [0.5, 0.6) is 0 Å². The Morgan fingerprint density at radius 3 is 0.571 bits per heavy atom. The maximum Gasteiger partial charge on any atom is 4.00 e. The third-order valence-corrected chi connectivity index (χ3v) is 0. The zero-order valence-electron chi connectivity index (χ0n) is 3.42. The largest absolute Gasteiger partial charge is 4.00 e. The molecule has 0 fully saturated rings. The van der Waals surface area contributed by atoms with Crippen molar-refractivity contribution in [3.63, 3.8) is 0 Å². The molecule has 0 atom stereocenters. The minimum atomic E-state index is 0. The molecule has 0 aromatic heterocycles. The summed E-state index contributed by atoms with van der Waals surface area (Å²) < 4.78 is 0. The second-order valence-electron chi connectivity index (χ2n) is 0. The van der Waals surface area contributed by atoms with Crippen molar-refractivity contribution in [3.8, 4) is 0 Å². The van der Waals surface area contributed by atoms with E-state index in [4.69, 9.17) is 0 Å². The van der Waals surface area contributed by atoms with Crippen LogP contribution in [0.25, 0.3) is 0 Å². The van der Waals surface area contributed by atoms with Gasteiger partial charge in [0.05, 0.1) is 0 Å². The van der Waals surface area contributed by atoms with Crippen LogP contribution >= 0.6 is 0 Å². The smallest absolute Gasteiger partial charge is 2.00 e. The standard InChI is InChI=1S/Al.Mg.4O.Ti/q+3;+2;4*-2;+4. The monoisotopic (exact) mass is 163 g/mol. The Hall–Kier alpha value is 1.85. The molecule has 0 aromatic rings. The summed E-state index contributed by atoms with van der Waals surface area (Å²) in [4.78, 5) is 0. The summed E-state index contributed by atoms with van der Waals surface area (Å²) in [5.41, 5.74) is 0. The summed E-state index contributed by atoms with van der Waals surface area (Å²) in [7, 11) is 0. The Balaban J connectivity index is 0. The minimum Gasteiger partial charge on any atom is -2.00 e. The maximum atomic E-state index is 0. The summed E-state index contributed by atoms with van der Waals surface area (Å²) in [6.07, 6.45) is 0. The van der Waals surface area contributed by atoms with Gasteiger partial charge in [-0.25, -0.2) is 0 Å². The molecule has 0 amide bonds. The van der Waals surface area contributed by atoms with Crippen molar-refractivity contribution in [1.29, 1.82) is 0 Å². The summed E-state index contributed by atoms with van der Waals surface area (Å²) in [6.45, 7) is 0. The molecule has 7 heavy (non-hydrogen) atoms. The molecule has 0 bridgehead atoms. The van der Waals surface area contributed by atoms with Crippen molar-refractivity contribution in [2.45, 2.75) is 0 Å². The van der Waals surface area contributed by atoms with Crippen LogP contribution in [0.3, 0.4) is 0 Å². The van der Waals surface area contributed by atoms with E-state index in [1.165, 1.54) is 0 Å². The summed E-state index contributed by atoms with van der Waals surface area (Å²) in [5, 5.41) is 0. The van der Waals surface area contributed by atoms with Crippen LogP contribution in [-0.2, 0) is 43.6 Å². The van der Waals surface area contributed by atoms with Gasteiger partial charge >= 0.3 is 62.1 Å². The Bertz CT molecular complexity index is 11.7. The van der Waals surface area contributed by atoms with E-state index < -0.39 is 0 Å². The van der Waals surface area contributed by atoms with E-state index in [1.807, 2.05) is 0 Å². The zero-order valence-corrected chi connectivity index (χ0v) is 7.55. The Labute approximate surface area is 83.4 Å². The molecule has 0 aromatic carbocycles. The predicted octanol–water partition coefficient (Wildman–Crippen LogP) is -1.24. The fourth-order valence-corrected chi connectivity index (χ4v) is 0. The van der Waals surface area contributed by atoms with Crippen molar-refractivity contribution in [3.05, 3.63) is 0 Å². The Kier molecular flexibility index (Phi) is 2440. The molecule has 0 aliphatic carbocycles. The van der Waals surface area contributed by atoms with Gasteiger partial charge in [0, 0.05) is 0 Å². The number of hydrogen-bond donors (Lipinski definition) is 0. The molecular weight excluding hydrogens is 163 g/mol. The van der Waals surface area contributed by atoms with Crippen molar-refractivity contribution in [1.82, 2.24) is 0 Å². The van der Waals surface area contributed by atoms with Gasteiger partial charge in [0.2, 0.25) is 0 Å². The molecule has 0 saturated carbocycles. The molecule has 0 spiro atoms. The van der Waals surface area contributed by atoms with Gasteiger partial charge in [-0.05, 0) is 0 Å². The van der Waals surface area contributed by atoms with E-state index in [-0.39, 0.29) is 84.0 Å². The molecule has 4 nitrogen and oxygen atoms in total. The second kappa shape index (κ2) is 107.